The van der Waals surface area contributed by atoms with Crippen LogP contribution in [0.15, 0.2) is 0 Å². The molecule has 4 nitrogen and oxygen atoms in total. The fraction of sp³-hybridized carbons (Fsp3) is 0.909. The number of likely N-dealkylation sites (N-methyl/N-ethyl adjacent to an activating group) is 1. The van der Waals surface area contributed by atoms with Crippen LogP contribution in [0.3, 0.4) is 0 Å². The van der Waals surface area contributed by atoms with Crippen LogP contribution in [0.2, 0.25) is 0 Å². The van der Waals surface area contributed by atoms with Crippen molar-refractivity contribution in [1.29, 1.82) is 0 Å². The molecule has 0 saturated heterocycles. The van der Waals surface area contributed by atoms with Crippen LogP contribution >= 0.6 is 0 Å². The third-order valence-electron chi connectivity index (χ3n) is 2.08. The Morgan fingerprint density at radius 1 is 1.40 bits per heavy atom. The van der Waals surface area contributed by atoms with Gasteiger partial charge in [0.2, 0.25) is 5.91 Å². The minimum absolute atomic E-state index is 0.105. The van der Waals surface area contributed by atoms with E-state index in [9.17, 15) is 4.79 Å². The van der Waals surface area contributed by atoms with Crippen molar-refractivity contribution < 1.29 is 9.53 Å². The Hall–Kier alpha value is -0.610. The molecule has 90 valence electrons. The summed E-state index contributed by atoms with van der Waals surface area (Å²) in [5.74, 6) is 0.115. The highest BCUT2D eigenvalue weighted by Gasteiger charge is 2.12. The summed E-state index contributed by atoms with van der Waals surface area (Å²) >= 11 is 0. The maximum atomic E-state index is 11.4. The minimum Gasteiger partial charge on any atom is -0.381 e. The van der Waals surface area contributed by atoms with Gasteiger partial charge in [-0.3, -0.25) is 4.79 Å². The Kier molecular flexibility index (Phi) is 8.33. The molecular weight excluding hydrogens is 192 g/mol. The number of hydrogen-bond acceptors (Lipinski definition) is 3. The van der Waals surface area contributed by atoms with Gasteiger partial charge in [0.25, 0.3) is 0 Å². The quantitative estimate of drug-likeness (QED) is 0.612. The Balaban J connectivity index is 3.39. The van der Waals surface area contributed by atoms with E-state index in [-0.39, 0.29) is 11.9 Å². The predicted octanol–water partition coefficient (Wildman–Crippen LogP) is 0.869. The molecule has 0 heterocycles. The third-order valence-corrected chi connectivity index (χ3v) is 2.08. The molecule has 0 aliphatic rings. The second kappa shape index (κ2) is 8.68. The number of ether oxygens (including phenoxy) is 1. The van der Waals surface area contributed by atoms with Crippen molar-refractivity contribution in [2.24, 2.45) is 0 Å². The highest BCUT2D eigenvalue weighted by molar-refractivity contribution is 5.80. The van der Waals surface area contributed by atoms with Crippen molar-refractivity contribution in [3.05, 3.63) is 0 Å². The zero-order valence-electron chi connectivity index (χ0n) is 10.4. The number of nitrogens with zero attached hydrogens (tertiary/aromatic N) is 1. The molecule has 15 heavy (non-hydrogen) atoms. The van der Waals surface area contributed by atoms with Gasteiger partial charge in [0.15, 0.2) is 0 Å². The van der Waals surface area contributed by atoms with Crippen LogP contribution in [0.4, 0.5) is 0 Å². The van der Waals surface area contributed by atoms with Crippen LogP contribution in [0.5, 0.6) is 0 Å². The fourth-order valence-corrected chi connectivity index (χ4v) is 1.21. The van der Waals surface area contributed by atoms with E-state index < -0.39 is 0 Å². The molecule has 0 radical (unpaired) electrons. The second-order valence-corrected chi connectivity index (χ2v) is 3.87. The number of hydrogen-bond donors (Lipinski definition) is 1. The minimum atomic E-state index is -0.105. The summed E-state index contributed by atoms with van der Waals surface area (Å²) in [6.45, 7) is 6.39. The largest absolute Gasteiger partial charge is 0.381 e. The molecule has 0 aromatic heterocycles. The molecule has 0 saturated carbocycles. The fourth-order valence-electron chi connectivity index (χ4n) is 1.21. The Labute approximate surface area is 93.0 Å². The summed E-state index contributed by atoms with van der Waals surface area (Å²) in [5, 5.41) is 3.17. The van der Waals surface area contributed by atoms with Crippen LogP contribution in [0.25, 0.3) is 0 Å². The van der Waals surface area contributed by atoms with Gasteiger partial charge in [-0.15, -0.1) is 0 Å². The second-order valence-electron chi connectivity index (χ2n) is 3.87. The number of carbonyl (C=O) groups excluding carboxylic acids is 1. The normalized spacial score (nSPS) is 12.5. The number of rotatable bonds is 8. The summed E-state index contributed by atoms with van der Waals surface area (Å²) in [7, 11) is 3.54. The first-order chi connectivity index (χ1) is 7.09. The highest BCUT2D eigenvalue weighted by Crippen LogP contribution is 1.90. The van der Waals surface area contributed by atoms with Crippen molar-refractivity contribution in [2.45, 2.75) is 32.7 Å². The molecule has 1 amide bonds. The molecule has 1 N–H and O–H groups in total. The predicted molar refractivity (Wildman–Crippen MR) is 61.9 cm³/mol. The summed E-state index contributed by atoms with van der Waals surface area (Å²) in [4.78, 5) is 13.0. The summed E-state index contributed by atoms with van der Waals surface area (Å²) in [5.41, 5.74) is 0. The molecule has 0 aliphatic carbocycles. The molecule has 1 atom stereocenters. The molecule has 0 aromatic rings. The SMILES string of the molecule is CCCOCCCNC(C)C(=O)N(C)C. The molecule has 0 rings (SSSR count). The van der Waals surface area contributed by atoms with Gasteiger partial charge in [0, 0.05) is 27.3 Å². The Morgan fingerprint density at radius 3 is 2.60 bits per heavy atom. The van der Waals surface area contributed by atoms with E-state index in [2.05, 4.69) is 12.2 Å². The van der Waals surface area contributed by atoms with Gasteiger partial charge in [-0.2, -0.15) is 0 Å². The van der Waals surface area contributed by atoms with E-state index in [4.69, 9.17) is 4.74 Å². The van der Waals surface area contributed by atoms with Crippen molar-refractivity contribution in [3.63, 3.8) is 0 Å². The number of carbonyl (C=O) groups is 1. The topological polar surface area (TPSA) is 41.6 Å². The lowest BCUT2D eigenvalue weighted by Gasteiger charge is -2.17. The average molecular weight is 216 g/mol. The zero-order valence-corrected chi connectivity index (χ0v) is 10.4. The highest BCUT2D eigenvalue weighted by atomic mass is 16.5. The summed E-state index contributed by atoms with van der Waals surface area (Å²) < 4.78 is 5.34. The third kappa shape index (κ3) is 7.33. The first-order valence-corrected chi connectivity index (χ1v) is 5.61. The Bertz CT molecular complexity index is 172. The molecule has 4 heteroatoms. The molecule has 0 spiro atoms. The molecule has 0 aliphatic heterocycles. The van der Waals surface area contributed by atoms with Crippen molar-refractivity contribution >= 4 is 5.91 Å². The van der Waals surface area contributed by atoms with E-state index in [1.165, 1.54) is 0 Å². The van der Waals surface area contributed by atoms with E-state index in [0.29, 0.717) is 0 Å². The molecular formula is C11H24N2O2. The van der Waals surface area contributed by atoms with Gasteiger partial charge in [0.05, 0.1) is 6.04 Å². The Morgan fingerprint density at radius 2 is 2.07 bits per heavy atom. The van der Waals surface area contributed by atoms with Crippen molar-refractivity contribution in [2.75, 3.05) is 33.9 Å². The van der Waals surface area contributed by atoms with Crippen LogP contribution in [-0.4, -0.2) is 50.7 Å². The molecule has 0 aromatic carbocycles. The molecule has 0 bridgehead atoms. The monoisotopic (exact) mass is 216 g/mol. The zero-order chi connectivity index (χ0) is 11.7. The number of amides is 1. The van der Waals surface area contributed by atoms with E-state index in [1.54, 1.807) is 19.0 Å². The van der Waals surface area contributed by atoms with E-state index in [0.717, 1.165) is 32.6 Å². The summed E-state index contributed by atoms with van der Waals surface area (Å²) in [6, 6.07) is -0.105. The van der Waals surface area contributed by atoms with Gasteiger partial charge in [-0.25, -0.2) is 0 Å². The maximum Gasteiger partial charge on any atom is 0.238 e. The van der Waals surface area contributed by atoms with Gasteiger partial charge in [0.1, 0.15) is 0 Å². The van der Waals surface area contributed by atoms with Crippen LogP contribution in [0.1, 0.15) is 26.7 Å². The van der Waals surface area contributed by atoms with Gasteiger partial charge < -0.3 is 15.0 Å². The first-order valence-electron chi connectivity index (χ1n) is 5.61. The smallest absolute Gasteiger partial charge is 0.238 e. The number of nitrogens with one attached hydrogen (secondary N) is 1. The first kappa shape index (κ1) is 14.4. The van der Waals surface area contributed by atoms with Gasteiger partial charge in [-0.05, 0) is 26.3 Å². The lowest BCUT2D eigenvalue weighted by atomic mass is 10.3. The van der Waals surface area contributed by atoms with E-state index >= 15 is 0 Å². The van der Waals surface area contributed by atoms with Crippen LogP contribution < -0.4 is 5.32 Å². The molecule has 0 fully saturated rings. The van der Waals surface area contributed by atoms with Crippen LogP contribution in [-0.2, 0) is 9.53 Å². The van der Waals surface area contributed by atoms with Crippen molar-refractivity contribution in [3.8, 4) is 0 Å². The summed E-state index contributed by atoms with van der Waals surface area (Å²) in [6.07, 6.45) is 2.01. The maximum absolute atomic E-state index is 11.4. The van der Waals surface area contributed by atoms with Crippen molar-refractivity contribution in [1.82, 2.24) is 10.2 Å². The lowest BCUT2D eigenvalue weighted by Crippen LogP contribution is -2.41. The van der Waals surface area contributed by atoms with Crippen LogP contribution in [0, 0.1) is 0 Å². The standard InChI is InChI=1S/C11H24N2O2/c1-5-8-15-9-6-7-12-10(2)11(14)13(3)4/h10,12H,5-9H2,1-4H3. The van der Waals surface area contributed by atoms with E-state index in [1.807, 2.05) is 6.92 Å². The van der Waals surface area contributed by atoms with Gasteiger partial charge >= 0.3 is 0 Å². The lowest BCUT2D eigenvalue weighted by molar-refractivity contribution is -0.130. The van der Waals surface area contributed by atoms with Gasteiger partial charge in [-0.1, -0.05) is 6.92 Å². The molecule has 1 unspecified atom stereocenters. The average Bonchev–Trinajstić information content (AvgIpc) is 2.21.